The number of hydrogen-bond donors (Lipinski definition) is 0. The molecule has 0 bridgehead atoms. The van der Waals surface area contributed by atoms with E-state index in [1.165, 1.54) is 0 Å². The van der Waals surface area contributed by atoms with Crippen LogP contribution in [-0.4, -0.2) is 22.3 Å². The highest BCUT2D eigenvalue weighted by Crippen LogP contribution is 2.17. The van der Waals surface area contributed by atoms with E-state index in [2.05, 4.69) is 4.98 Å². The van der Waals surface area contributed by atoms with Gasteiger partial charge in [-0.05, 0) is 43.2 Å². The molecule has 0 aliphatic heterocycles. The molecule has 0 saturated heterocycles. The van der Waals surface area contributed by atoms with Crippen LogP contribution in [0.5, 0.6) is 5.75 Å². The summed E-state index contributed by atoms with van der Waals surface area (Å²) in [5.74, 6) is 0.757. The lowest BCUT2D eigenvalue weighted by Gasteiger charge is -2.19. The first-order chi connectivity index (χ1) is 13.6. The van der Waals surface area contributed by atoms with Gasteiger partial charge >= 0.3 is 0 Å². The lowest BCUT2D eigenvalue weighted by Crippen LogP contribution is -2.28. The SMILES string of the molecule is CCN(Cc1ccccc1)C(=O)/C=C/c1cccc(OCc2csc(C)n2)c1. The Morgan fingerprint density at radius 3 is 2.71 bits per heavy atom. The van der Waals surface area contributed by atoms with Crippen LogP contribution < -0.4 is 4.74 Å². The van der Waals surface area contributed by atoms with Crippen LogP contribution in [-0.2, 0) is 17.9 Å². The molecule has 0 aliphatic carbocycles. The van der Waals surface area contributed by atoms with E-state index >= 15 is 0 Å². The van der Waals surface area contributed by atoms with E-state index in [4.69, 9.17) is 4.74 Å². The van der Waals surface area contributed by atoms with Crippen molar-refractivity contribution < 1.29 is 9.53 Å². The molecule has 2 aromatic carbocycles. The highest BCUT2D eigenvalue weighted by atomic mass is 32.1. The van der Waals surface area contributed by atoms with Crippen molar-refractivity contribution in [2.45, 2.75) is 27.0 Å². The summed E-state index contributed by atoms with van der Waals surface area (Å²) in [6, 6.07) is 17.7. The van der Waals surface area contributed by atoms with Gasteiger partial charge in [-0.15, -0.1) is 11.3 Å². The van der Waals surface area contributed by atoms with Gasteiger partial charge in [-0.3, -0.25) is 4.79 Å². The van der Waals surface area contributed by atoms with E-state index in [9.17, 15) is 4.79 Å². The Kier molecular flexibility index (Phi) is 6.98. The number of hydrogen-bond acceptors (Lipinski definition) is 4. The molecule has 0 aliphatic rings. The Morgan fingerprint density at radius 1 is 1.18 bits per heavy atom. The minimum absolute atomic E-state index is 0.00405. The van der Waals surface area contributed by atoms with E-state index in [1.807, 2.05) is 84.8 Å². The number of rotatable bonds is 8. The zero-order chi connectivity index (χ0) is 19.8. The Bertz CT molecular complexity index is 935. The molecule has 0 radical (unpaired) electrons. The molecular formula is C23H24N2O2S. The lowest BCUT2D eigenvalue weighted by molar-refractivity contribution is -0.126. The van der Waals surface area contributed by atoms with E-state index < -0.39 is 0 Å². The van der Waals surface area contributed by atoms with Crippen LogP contribution in [0.3, 0.4) is 0 Å². The van der Waals surface area contributed by atoms with Gasteiger partial charge in [-0.25, -0.2) is 4.98 Å². The normalized spacial score (nSPS) is 10.9. The van der Waals surface area contributed by atoms with Crippen molar-refractivity contribution in [1.29, 1.82) is 0 Å². The van der Waals surface area contributed by atoms with Crippen LogP contribution >= 0.6 is 11.3 Å². The Morgan fingerprint density at radius 2 is 2.00 bits per heavy atom. The van der Waals surface area contributed by atoms with Crippen molar-refractivity contribution in [3.63, 3.8) is 0 Å². The molecule has 1 aromatic heterocycles. The first-order valence-corrected chi connectivity index (χ1v) is 10.2. The molecule has 144 valence electrons. The van der Waals surface area contributed by atoms with Crippen LogP contribution in [0.2, 0.25) is 0 Å². The van der Waals surface area contributed by atoms with Gasteiger partial charge in [-0.1, -0.05) is 42.5 Å². The van der Waals surface area contributed by atoms with Crippen molar-refractivity contribution in [2.75, 3.05) is 6.54 Å². The zero-order valence-electron chi connectivity index (χ0n) is 16.2. The van der Waals surface area contributed by atoms with Crippen LogP contribution in [0.4, 0.5) is 0 Å². The number of likely N-dealkylation sites (N-methyl/N-ethyl adjacent to an activating group) is 1. The van der Waals surface area contributed by atoms with Gasteiger partial charge in [0, 0.05) is 24.5 Å². The fourth-order valence-corrected chi connectivity index (χ4v) is 3.36. The molecule has 0 spiro atoms. The second kappa shape index (κ2) is 9.85. The number of benzene rings is 2. The maximum atomic E-state index is 12.6. The number of aryl methyl sites for hydroxylation is 1. The Labute approximate surface area is 170 Å². The average Bonchev–Trinajstić information content (AvgIpc) is 3.15. The highest BCUT2D eigenvalue weighted by molar-refractivity contribution is 7.09. The summed E-state index contributed by atoms with van der Waals surface area (Å²) in [6.07, 6.45) is 3.45. The summed E-state index contributed by atoms with van der Waals surface area (Å²) >= 11 is 1.61. The third-order valence-electron chi connectivity index (χ3n) is 4.24. The van der Waals surface area contributed by atoms with Gasteiger partial charge in [-0.2, -0.15) is 0 Å². The monoisotopic (exact) mass is 392 g/mol. The number of thiazole rings is 1. The summed E-state index contributed by atoms with van der Waals surface area (Å²) in [7, 11) is 0. The number of ether oxygens (including phenoxy) is 1. The topological polar surface area (TPSA) is 42.4 Å². The summed E-state index contributed by atoms with van der Waals surface area (Å²) < 4.78 is 5.82. The molecule has 0 fully saturated rings. The Balaban J connectivity index is 1.60. The van der Waals surface area contributed by atoms with Crippen molar-refractivity contribution in [3.05, 3.63) is 87.9 Å². The number of amides is 1. The third kappa shape index (κ3) is 5.79. The molecule has 0 saturated carbocycles. The van der Waals surface area contributed by atoms with Crippen LogP contribution in [0.25, 0.3) is 6.08 Å². The number of aromatic nitrogens is 1. The van der Waals surface area contributed by atoms with E-state index in [1.54, 1.807) is 17.4 Å². The maximum Gasteiger partial charge on any atom is 0.246 e. The lowest BCUT2D eigenvalue weighted by atomic mass is 10.2. The zero-order valence-corrected chi connectivity index (χ0v) is 17.0. The fraction of sp³-hybridized carbons (Fsp3) is 0.217. The Hall–Kier alpha value is -2.92. The minimum Gasteiger partial charge on any atom is -0.487 e. The van der Waals surface area contributed by atoms with Crippen LogP contribution in [0.15, 0.2) is 66.1 Å². The van der Waals surface area contributed by atoms with E-state index in [-0.39, 0.29) is 5.91 Å². The van der Waals surface area contributed by atoms with Gasteiger partial charge < -0.3 is 9.64 Å². The summed E-state index contributed by atoms with van der Waals surface area (Å²) in [6.45, 7) is 5.68. The van der Waals surface area contributed by atoms with Gasteiger partial charge in [0.25, 0.3) is 0 Å². The largest absolute Gasteiger partial charge is 0.487 e. The predicted molar refractivity (Wildman–Crippen MR) is 114 cm³/mol. The van der Waals surface area contributed by atoms with Crippen molar-refractivity contribution in [2.24, 2.45) is 0 Å². The van der Waals surface area contributed by atoms with Gasteiger partial charge in [0.05, 0.1) is 10.7 Å². The summed E-state index contributed by atoms with van der Waals surface area (Å²) in [5, 5.41) is 3.04. The second-order valence-corrected chi connectivity index (χ2v) is 7.45. The van der Waals surface area contributed by atoms with Crippen molar-refractivity contribution in [3.8, 4) is 5.75 Å². The molecule has 0 N–H and O–H groups in total. The molecule has 0 unspecified atom stereocenters. The standard InChI is InChI=1S/C23H24N2O2S/c1-3-25(15-20-8-5-4-6-9-20)23(26)13-12-19-10-7-11-22(14-19)27-16-21-17-28-18(2)24-21/h4-14,17H,3,15-16H2,1-2H3/b13-12+. The maximum absolute atomic E-state index is 12.6. The van der Waals surface area contributed by atoms with Crippen molar-refractivity contribution >= 4 is 23.3 Å². The number of nitrogens with zero attached hydrogens (tertiary/aromatic N) is 2. The molecule has 28 heavy (non-hydrogen) atoms. The third-order valence-corrected chi connectivity index (χ3v) is 5.06. The molecule has 3 rings (SSSR count). The predicted octanol–water partition coefficient (Wildman–Crippen LogP) is 5.09. The first kappa shape index (κ1) is 19.8. The summed E-state index contributed by atoms with van der Waals surface area (Å²) in [4.78, 5) is 18.8. The summed E-state index contributed by atoms with van der Waals surface area (Å²) in [5.41, 5.74) is 2.98. The van der Waals surface area contributed by atoms with Crippen LogP contribution in [0.1, 0.15) is 28.8 Å². The van der Waals surface area contributed by atoms with E-state index in [0.29, 0.717) is 19.7 Å². The number of carbonyl (C=O) groups is 1. The van der Waals surface area contributed by atoms with E-state index in [0.717, 1.165) is 27.6 Å². The van der Waals surface area contributed by atoms with Crippen molar-refractivity contribution in [1.82, 2.24) is 9.88 Å². The highest BCUT2D eigenvalue weighted by Gasteiger charge is 2.09. The molecule has 3 aromatic rings. The second-order valence-electron chi connectivity index (χ2n) is 6.39. The smallest absolute Gasteiger partial charge is 0.246 e. The van der Waals surface area contributed by atoms with Gasteiger partial charge in [0.2, 0.25) is 5.91 Å². The molecule has 1 heterocycles. The molecule has 4 nitrogen and oxygen atoms in total. The molecule has 5 heteroatoms. The fourth-order valence-electron chi connectivity index (χ4n) is 2.76. The molecule has 0 atom stereocenters. The first-order valence-electron chi connectivity index (χ1n) is 9.29. The van der Waals surface area contributed by atoms with Crippen LogP contribution in [0, 0.1) is 6.92 Å². The van der Waals surface area contributed by atoms with Gasteiger partial charge in [0.1, 0.15) is 12.4 Å². The molecule has 1 amide bonds. The molecular weight excluding hydrogens is 368 g/mol. The number of carbonyl (C=O) groups excluding carboxylic acids is 1. The van der Waals surface area contributed by atoms with Gasteiger partial charge in [0.15, 0.2) is 0 Å². The average molecular weight is 393 g/mol. The minimum atomic E-state index is -0.00405. The quantitative estimate of drug-likeness (QED) is 0.501.